The Labute approximate surface area is 190 Å². The second kappa shape index (κ2) is 11.3. The number of benzene rings is 2. The molecule has 0 radical (unpaired) electrons. The normalized spacial score (nSPS) is 25.5. The fourth-order valence-electron chi connectivity index (χ4n) is 3.04. The Bertz CT molecular complexity index is 923. The summed E-state index contributed by atoms with van der Waals surface area (Å²) in [5, 5.41) is 33.6. The third kappa shape index (κ3) is 6.18. The van der Waals surface area contributed by atoms with E-state index in [9.17, 15) is 20.1 Å². The summed E-state index contributed by atoms with van der Waals surface area (Å²) in [4.78, 5) is 11.8. The molecule has 1 fully saturated rings. The third-order valence-electron chi connectivity index (χ3n) is 4.92. The van der Waals surface area contributed by atoms with E-state index in [1.165, 1.54) is 6.21 Å². The molecule has 1 aliphatic rings. The molecule has 2 aromatic rings. The zero-order chi connectivity index (χ0) is 23.1. The molecule has 1 aliphatic heterocycles. The molecule has 1 saturated heterocycles. The van der Waals surface area contributed by atoms with Crippen molar-refractivity contribution in [1.29, 1.82) is 0 Å². The highest BCUT2D eigenvalue weighted by Gasteiger charge is 2.43. The smallest absolute Gasteiger partial charge is 0.277 e. The SMILES string of the molecule is C[C@H]1[C@H](Oc2ccc(/C=N/NC(=O)COc3ccccc3Cl)cc2)O[C@H](CO)[C@@H](O)[C@@H]1O. The second-order valence-corrected chi connectivity index (χ2v) is 7.67. The highest BCUT2D eigenvalue weighted by Crippen LogP contribution is 2.28. The minimum atomic E-state index is -1.18. The van der Waals surface area contributed by atoms with Crippen molar-refractivity contribution in [2.24, 2.45) is 11.0 Å². The van der Waals surface area contributed by atoms with Gasteiger partial charge in [0.1, 0.15) is 23.7 Å². The van der Waals surface area contributed by atoms with Crippen molar-refractivity contribution in [3.8, 4) is 11.5 Å². The van der Waals surface area contributed by atoms with Crippen molar-refractivity contribution in [2.45, 2.75) is 31.5 Å². The average Bonchev–Trinajstić information content (AvgIpc) is 2.80. The lowest BCUT2D eigenvalue weighted by Gasteiger charge is -2.40. The van der Waals surface area contributed by atoms with Gasteiger partial charge in [0.05, 0.1) is 23.9 Å². The monoisotopic (exact) mass is 464 g/mol. The molecule has 0 saturated carbocycles. The Hall–Kier alpha value is -2.69. The maximum absolute atomic E-state index is 11.8. The van der Waals surface area contributed by atoms with Crippen LogP contribution in [-0.4, -0.2) is 65.3 Å². The fourth-order valence-corrected chi connectivity index (χ4v) is 3.23. The van der Waals surface area contributed by atoms with E-state index < -0.39 is 43.0 Å². The summed E-state index contributed by atoms with van der Waals surface area (Å²) < 4.78 is 16.6. The number of aliphatic hydroxyl groups is 3. The van der Waals surface area contributed by atoms with Crippen LogP contribution in [0.5, 0.6) is 11.5 Å². The van der Waals surface area contributed by atoms with E-state index in [1.54, 1.807) is 55.5 Å². The first-order valence-corrected chi connectivity index (χ1v) is 10.3. The minimum absolute atomic E-state index is 0.233. The quantitative estimate of drug-likeness (QED) is 0.342. The maximum Gasteiger partial charge on any atom is 0.277 e. The second-order valence-electron chi connectivity index (χ2n) is 7.26. The number of para-hydroxylation sites is 1. The molecule has 2 aromatic carbocycles. The summed E-state index contributed by atoms with van der Waals surface area (Å²) in [6, 6.07) is 13.6. The van der Waals surface area contributed by atoms with Crippen molar-refractivity contribution >= 4 is 23.7 Å². The highest BCUT2D eigenvalue weighted by atomic mass is 35.5. The van der Waals surface area contributed by atoms with Gasteiger partial charge in [0, 0.05) is 5.92 Å². The summed E-state index contributed by atoms with van der Waals surface area (Å²) in [5.74, 6) is -0.0649. The first kappa shape index (κ1) is 24.0. The third-order valence-corrected chi connectivity index (χ3v) is 5.23. The van der Waals surface area contributed by atoms with Crippen molar-refractivity contribution in [1.82, 2.24) is 5.43 Å². The van der Waals surface area contributed by atoms with Crippen molar-refractivity contribution in [3.05, 3.63) is 59.1 Å². The lowest BCUT2D eigenvalue weighted by molar-refractivity contribution is -0.256. The molecular formula is C22H25ClN2O7. The van der Waals surface area contributed by atoms with Gasteiger partial charge >= 0.3 is 0 Å². The largest absolute Gasteiger partial charge is 0.482 e. The predicted octanol–water partition coefficient (Wildman–Crippen LogP) is 1.32. The van der Waals surface area contributed by atoms with Crippen LogP contribution in [0.15, 0.2) is 53.6 Å². The Morgan fingerprint density at radius 3 is 2.59 bits per heavy atom. The number of rotatable bonds is 8. The Morgan fingerprint density at radius 1 is 1.19 bits per heavy atom. The number of nitrogens with zero attached hydrogens (tertiary/aromatic N) is 1. The van der Waals surface area contributed by atoms with Gasteiger partial charge in [-0.05, 0) is 42.0 Å². The number of nitrogens with one attached hydrogen (secondary N) is 1. The molecule has 0 aliphatic carbocycles. The van der Waals surface area contributed by atoms with Gasteiger partial charge in [-0.25, -0.2) is 5.43 Å². The van der Waals surface area contributed by atoms with E-state index in [2.05, 4.69) is 10.5 Å². The van der Waals surface area contributed by atoms with Gasteiger partial charge in [-0.15, -0.1) is 0 Å². The Morgan fingerprint density at radius 2 is 1.91 bits per heavy atom. The van der Waals surface area contributed by atoms with Gasteiger partial charge in [-0.3, -0.25) is 4.79 Å². The number of halogens is 1. The molecule has 5 atom stereocenters. The van der Waals surface area contributed by atoms with E-state index in [0.717, 1.165) is 0 Å². The summed E-state index contributed by atoms with van der Waals surface area (Å²) >= 11 is 5.96. The molecular weight excluding hydrogens is 440 g/mol. The number of aliphatic hydroxyl groups excluding tert-OH is 3. The number of hydrogen-bond acceptors (Lipinski definition) is 8. The maximum atomic E-state index is 11.8. The van der Waals surface area contributed by atoms with E-state index in [1.807, 2.05) is 0 Å². The molecule has 1 heterocycles. The summed E-state index contributed by atoms with van der Waals surface area (Å²) in [5.41, 5.74) is 3.06. The Balaban J connectivity index is 1.48. The molecule has 0 aromatic heterocycles. The van der Waals surface area contributed by atoms with Crippen LogP contribution in [0.1, 0.15) is 12.5 Å². The zero-order valence-electron chi connectivity index (χ0n) is 17.3. The molecule has 9 nitrogen and oxygen atoms in total. The van der Waals surface area contributed by atoms with Gasteiger partial charge in [0.15, 0.2) is 6.61 Å². The highest BCUT2D eigenvalue weighted by molar-refractivity contribution is 6.32. The van der Waals surface area contributed by atoms with E-state index in [-0.39, 0.29) is 6.61 Å². The minimum Gasteiger partial charge on any atom is -0.482 e. The molecule has 1 amide bonds. The van der Waals surface area contributed by atoms with Crippen LogP contribution in [-0.2, 0) is 9.53 Å². The van der Waals surface area contributed by atoms with Crippen LogP contribution in [0.4, 0.5) is 0 Å². The van der Waals surface area contributed by atoms with E-state index in [4.69, 9.17) is 25.8 Å². The standard InChI is InChI=1S/C22H25ClN2O7/c1-13-20(28)21(29)18(11-26)32-22(13)31-15-8-6-14(7-9-15)10-24-25-19(27)12-30-17-5-3-2-4-16(17)23/h2-10,13,18,20-22,26,28-29H,11-12H2,1H3,(H,25,27)/b24-10+/t13-,18-,20-,21-,22-/m1/s1. The fraction of sp³-hybridized carbons (Fsp3) is 0.364. The van der Waals surface area contributed by atoms with Crippen molar-refractivity contribution in [2.75, 3.05) is 13.2 Å². The molecule has 4 N–H and O–H groups in total. The molecule has 0 spiro atoms. The molecule has 172 valence electrons. The molecule has 0 unspecified atom stereocenters. The average molecular weight is 465 g/mol. The van der Waals surface area contributed by atoms with Crippen molar-refractivity contribution < 1.29 is 34.3 Å². The molecule has 32 heavy (non-hydrogen) atoms. The van der Waals surface area contributed by atoms with Gasteiger partial charge in [-0.1, -0.05) is 30.7 Å². The van der Waals surface area contributed by atoms with E-state index >= 15 is 0 Å². The van der Waals surface area contributed by atoms with Gasteiger partial charge < -0.3 is 29.5 Å². The predicted molar refractivity (Wildman–Crippen MR) is 117 cm³/mol. The molecule has 10 heteroatoms. The lowest BCUT2D eigenvalue weighted by atomic mass is 9.92. The number of amides is 1. The van der Waals surface area contributed by atoms with Gasteiger partial charge in [0.2, 0.25) is 6.29 Å². The number of carbonyl (C=O) groups excluding carboxylic acids is 1. The van der Waals surface area contributed by atoms with Crippen LogP contribution < -0.4 is 14.9 Å². The summed E-state index contributed by atoms with van der Waals surface area (Å²) in [6.07, 6.45) is -2.56. The number of ether oxygens (including phenoxy) is 3. The van der Waals surface area contributed by atoms with Crippen LogP contribution in [0, 0.1) is 5.92 Å². The van der Waals surface area contributed by atoms with Crippen LogP contribution in [0.2, 0.25) is 5.02 Å². The van der Waals surface area contributed by atoms with E-state index in [0.29, 0.717) is 22.1 Å². The lowest BCUT2D eigenvalue weighted by Crippen LogP contribution is -2.56. The summed E-state index contributed by atoms with van der Waals surface area (Å²) in [6.45, 7) is 1.02. The van der Waals surface area contributed by atoms with Gasteiger partial charge in [-0.2, -0.15) is 5.10 Å². The van der Waals surface area contributed by atoms with Crippen molar-refractivity contribution in [3.63, 3.8) is 0 Å². The zero-order valence-corrected chi connectivity index (χ0v) is 18.1. The first-order chi connectivity index (χ1) is 15.4. The van der Waals surface area contributed by atoms with Gasteiger partial charge in [0.25, 0.3) is 5.91 Å². The first-order valence-electron chi connectivity index (χ1n) is 9.97. The number of hydrogen-bond donors (Lipinski definition) is 4. The van der Waals surface area contributed by atoms with Crippen LogP contribution in [0.25, 0.3) is 0 Å². The molecule has 3 rings (SSSR count). The van der Waals surface area contributed by atoms with Crippen LogP contribution in [0.3, 0.4) is 0 Å². The topological polar surface area (TPSA) is 130 Å². The Kier molecular flexibility index (Phi) is 8.43. The number of hydrazone groups is 1. The van der Waals surface area contributed by atoms with Crippen LogP contribution >= 0.6 is 11.6 Å². The number of carbonyl (C=O) groups is 1. The molecule has 0 bridgehead atoms. The summed E-state index contributed by atoms with van der Waals surface area (Å²) in [7, 11) is 0.